The molecule has 0 heterocycles. The van der Waals surface area contributed by atoms with Gasteiger partial charge in [-0.05, 0) is 57.2 Å². The molecule has 0 fully saturated rings. The second kappa shape index (κ2) is 17.3. The minimum absolute atomic E-state index is 0.102. The van der Waals surface area contributed by atoms with Crippen LogP contribution in [0.4, 0.5) is 4.79 Å². The fourth-order valence-electron chi connectivity index (χ4n) is 3.39. The first-order valence-electron chi connectivity index (χ1n) is 12.9. The number of carbonyl (C=O) groups is 4. The van der Waals surface area contributed by atoms with Gasteiger partial charge >= 0.3 is 24.1 Å². The van der Waals surface area contributed by atoms with Crippen molar-refractivity contribution >= 4 is 24.1 Å². The third kappa shape index (κ3) is 12.6. The maximum absolute atomic E-state index is 12.4. The van der Waals surface area contributed by atoms with Gasteiger partial charge in [0.2, 0.25) is 0 Å². The molecule has 208 valence electrons. The van der Waals surface area contributed by atoms with Crippen molar-refractivity contribution in [3.8, 4) is 11.5 Å². The van der Waals surface area contributed by atoms with Crippen LogP contribution in [0.25, 0.3) is 0 Å². The summed E-state index contributed by atoms with van der Waals surface area (Å²) in [4.78, 5) is 48.5. The number of hydrogen-bond donors (Lipinski definition) is 1. The van der Waals surface area contributed by atoms with Crippen molar-refractivity contribution in [1.29, 1.82) is 0 Å². The van der Waals surface area contributed by atoms with E-state index in [1.807, 2.05) is 20.8 Å². The molecule has 0 bridgehead atoms. The summed E-state index contributed by atoms with van der Waals surface area (Å²) in [6, 6.07) is 3.99. The van der Waals surface area contributed by atoms with Gasteiger partial charge in [0.05, 0.1) is 7.11 Å². The van der Waals surface area contributed by atoms with Crippen LogP contribution in [-0.2, 0) is 35.0 Å². The molecule has 0 aromatic heterocycles. The zero-order valence-corrected chi connectivity index (χ0v) is 22.8. The quantitative estimate of drug-likeness (QED) is 0.244. The predicted octanol–water partition coefficient (Wildman–Crippen LogP) is 4.50. The van der Waals surface area contributed by atoms with E-state index in [1.165, 1.54) is 13.2 Å². The molecule has 1 N–H and O–H groups in total. The fraction of sp³-hybridized carbons (Fsp3) is 0.630. The average Bonchev–Trinajstić information content (AvgIpc) is 2.83. The molecule has 3 atom stereocenters. The molecule has 0 amide bonds. The second-order valence-corrected chi connectivity index (χ2v) is 8.81. The van der Waals surface area contributed by atoms with Gasteiger partial charge < -0.3 is 29.0 Å². The number of nitrogens with one attached hydrogen (secondary N) is 1. The Bertz CT molecular complexity index is 887. The number of methoxy groups -OCH3 is 1. The first-order valence-corrected chi connectivity index (χ1v) is 12.9. The maximum atomic E-state index is 12.4. The van der Waals surface area contributed by atoms with E-state index in [2.05, 4.69) is 5.32 Å². The molecule has 10 heteroatoms. The number of ether oxygens (including phenoxy) is 5. The molecule has 0 radical (unpaired) electrons. The van der Waals surface area contributed by atoms with Crippen LogP contribution in [0.1, 0.15) is 78.7 Å². The summed E-state index contributed by atoms with van der Waals surface area (Å²) in [5.74, 6) is -1.18. The molecule has 0 aliphatic carbocycles. The molecule has 1 aromatic carbocycles. The molecule has 0 aliphatic heterocycles. The van der Waals surface area contributed by atoms with E-state index >= 15 is 0 Å². The molecule has 10 nitrogen and oxygen atoms in total. The Labute approximate surface area is 219 Å². The first-order chi connectivity index (χ1) is 17.6. The first kappa shape index (κ1) is 31.9. The highest BCUT2D eigenvalue weighted by Crippen LogP contribution is 2.30. The van der Waals surface area contributed by atoms with E-state index in [9.17, 15) is 19.2 Å². The zero-order valence-electron chi connectivity index (χ0n) is 22.8. The Kier molecular flexibility index (Phi) is 14.9. The Morgan fingerprint density at radius 2 is 1.43 bits per heavy atom. The third-order valence-electron chi connectivity index (χ3n) is 5.23. The number of esters is 3. The van der Waals surface area contributed by atoms with E-state index in [0.717, 1.165) is 12.8 Å². The Balaban J connectivity index is 2.93. The summed E-state index contributed by atoms with van der Waals surface area (Å²) in [6.45, 7) is 9.34. The van der Waals surface area contributed by atoms with Crippen molar-refractivity contribution in [2.24, 2.45) is 0 Å². The number of carbonyl (C=O) groups excluding carboxylic acids is 4. The highest BCUT2D eigenvalue weighted by Gasteiger charge is 2.23. The lowest BCUT2D eigenvalue weighted by atomic mass is 10.0. The van der Waals surface area contributed by atoms with Gasteiger partial charge in [-0.3, -0.25) is 14.4 Å². The van der Waals surface area contributed by atoms with Gasteiger partial charge in [0.1, 0.15) is 18.2 Å². The highest BCUT2D eigenvalue weighted by molar-refractivity contribution is 5.77. The number of hydrogen-bond acceptors (Lipinski definition) is 10. The molecule has 37 heavy (non-hydrogen) atoms. The standard InChI is InChI=1S/C27H41NO9/c1-7-10-18(4)34-27(32)35-19(5)17-28-21(26(31)33-6)15-20-13-14-22(36-24(29)11-8-2)23(16-20)37-25(30)12-9-3/h13-14,16,18-19,21,28H,7-12,15,17H2,1-6H3/t18?,19?,21-/m0/s1. The summed E-state index contributed by atoms with van der Waals surface area (Å²) in [7, 11) is 1.28. The van der Waals surface area contributed by atoms with Gasteiger partial charge in [-0.25, -0.2) is 4.79 Å². The molecule has 0 spiro atoms. The van der Waals surface area contributed by atoms with Crippen molar-refractivity contribution in [2.45, 2.75) is 97.8 Å². The van der Waals surface area contributed by atoms with E-state index in [-0.39, 0.29) is 43.4 Å². The summed E-state index contributed by atoms with van der Waals surface area (Å²) >= 11 is 0. The summed E-state index contributed by atoms with van der Waals surface area (Å²) < 4.78 is 26.2. The van der Waals surface area contributed by atoms with Crippen LogP contribution in [0.5, 0.6) is 11.5 Å². The summed E-state index contributed by atoms with van der Waals surface area (Å²) in [5.41, 5.74) is 0.638. The molecule has 0 saturated heterocycles. The van der Waals surface area contributed by atoms with Gasteiger partial charge in [0, 0.05) is 19.4 Å². The summed E-state index contributed by atoms with van der Waals surface area (Å²) in [6.07, 6.45) is 1.86. The zero-order chi connectivity index (χ0) is 27.8. The van der Waals surface area contributed by atoms with Gasteiger partial charge in [-0.15, -0.1) is 0 Å². The molecule has 0 saturated carbocycles. The Hall–Kier alpha value is -3.14. The normalized spacial score (nSPS) is 13.1. The van der Waals surface area contributed by atoms with Crippen molar-refractivity contribution in [1.82, 2.24) is 5.32 Å². The Morgan fingerprint density at radius 1 is 0.838 bits per heavy atom. The lowest BCUT2D eigenvalue weighted by Crippen LogP contribution is -2.43. The Morgan fingerprint density at radius 3 is 2.00 bits per heavy atom. The summed E-state index contributed by atoms with van der Waals surface area (Å²) in [5, 5.41) is 3.05. The van der Waals surface area contributed by atoms with Crippen molar-refractivity contribution in [3.05, 3.63) is 23.8 Å². The molecule has 0 aliphatic rings. The van der Waals surface area contributed by atoms with Crippen molar-refractivity contribution in [2.75, 3.05) is 13.7 Å². The van der Waals surface area contributed by atoms with Crippen molar-refractivity contribution in [3.63, 3.8) is 0 Å². The number of benzene rings is 1. The minimum Gasteiger partial charge on any atom is -0.468 e. The third-order valence-corrected chi connectivity index (χ3v) is 5.23. The van der Waals surface area contributed by atoms with Crippen LogP contribution >= 0.6 is 0 Å². The van der Waals surface area contributed by atoms with Gasteiger partial charge in [0.25, 0.3) is 0 Å². The second-order valence-electron chi connectivity index (χ2n) is 8.81. The highest BCUT2D eigenvalue weighted by atomic mass is 16.7. The molecular weight excluding hydrogens is 482 g/mol. The lowest BCUT2D eigenvalue weighted by molar-refractivity contribution is -0.143. The fourth-order valence-corrected chi connectivity index (χ4v) is 3.39. The van der Waals surface area contributed by atoms with E-state index in [4.69, 9.17) is 23.7 Å². The van der Waals surface area contributed by atoms with Gasteiger partial charge in [-0.1, -0.05) is 33.3 Å². The van der Waals surface area contributed by atoms with Crippen LogP contribution in [0.3, 0.4) is 0 Å². The monoisotopic (exact) mass is 523 g/mol. The van der Waals surface area contributed by atoms with Gasteiger partial charge in [-0.2, -0.15) is 0 Å². The van der Waals surface area contributed by atoms with Crippen LogP contribution in [0, 0.1) is 0 Å². The number of rotatable bonds is 16. The molecular formula is C27H41NO9. The maximum Gasteiger partial charge on any atom is 0.508 e. The lowest BCUT2D eigenvalue weighted by Gasteiger charge is -2.21. The van der Waals surface area contributed by atoms with Crippen LogP contribution in [0.2, 0.25) is 0 Å². The van der Waals surface area contributed by atoms with E-state index in [1.54, 1.807) is 26.0 Å². The SMILES string of the molecule is CCCC(=O)Oc1ccc(C[C@H](NCC(C)OC(=O)OC(C)CCC)C(=O)OC)cc1OC(=O)CCC. The van der Waals surface area contributed by atoms with Crippen LogP contribution < -0.4 is 14.8 Å². The molecule has 1 aromatic rings. The molecule has 2 unspecified atom stereocenters. The molecule has 1 rings (SSSR count). The largest absolute Gasteiger partial charge is 0.508 e. The van der Waals surface area contributed by atoms with Crippen molar-refractivity contribution < 1.29 is 42.9 Å². The van der Waals surface area contributed by atoms with Crippen LogP contribution in [-0.4, -0.2) is 56.0 Å². The minimum atomic E-state index is -0.779. The van der Waals surface area contributed by atoms with E-state index < -0.39 is 36.2 Å². The van der Waals surface area contributed by atoms with E-state index in [0.29, 0.717) is 18.4 Å². The topological polar surface area (TPSA) is 126 Å². The van der Waals surface area contributed by atoms with Crippen LogP contribution in [0.15, 0.2) is 18.2 Å². The average molecular weight is 524 g/mol. The van der Waals surface area contributed by atoms with Gasteiger partial charge in [0.15, 0.2) is 11.5 Å². The predicted molar refractivity (Wildman–Crippen MR) is 136 cm³/mol. The smallest absolute Gasteiger partial charge is 0.468 e.